The van der Waals surface area contributed by atoms with Gasteiger partial charge in [0, 0.05) is 57.7 Å². The van der Waals surface area contributed by atoms with Gasteiger partial charge in [0.2, 0.25) is 5.13 Å². The van der Waals surface area contributed by atoms with Crippen molar-refractivity contribution in [3.63, 3.8) is 0 Å². The molecule has 2 heterocycles. The Hall–Kier alpha value is -1.41. The highest BCUT2D eigenvalue weighted by Gasteiger charge is 2.24. The lowest BCUT2D eigenvalue weighted by molar-refractivity contribution is 0.0596. The van der Waals surface area contributed by atoms with E-state index < -0.39 is 5.60 Å². The van der Waals surface area contributed by atoms with Crippen LogP contribution in [0.3, 0.4) is 0 Å². The highest BCUT2D eigenvalue weighted by Crippen LogP contribution is 2.19. The van der Waals surface area contributed by atoms with Crippen molar-refractivity contribution >= 4 is 22.6 Å². The van der Waals surface area contributed by atoms with Gasteiger partial charge in [0.1, 0.15) is 5.82 Å². The zero-order valence-corrected chi connectivity index (χ0v) is 15.4. The minimum atomic E-state index is -0.707. The monoisotopic (exact) mass is 340 g/mol. The summed E-state index contributed by atoms with van der Waals surface area (Å²) in [6, 6.07) is 0. The second kappa shape index (κ2) is 7.92. The average molecular weight is 340 g/mol. The van der Waals surface area contributed by atoms with E-state index in [2.05, 4.69) is 36.4 Å². The average Bonchev–Trinajstić information content (AvgIpc) is 3.05. The summed E-state index contributed by atoms with van der Waals surface area (Å²) < 4.78 is 4.36. The van der Waals surface area contributed by atoms with Crippen molar-refractivity contribution in [2.75, 3.05) is 44.7 Å². The van der Waals surface area contributed by atoms with Crippen LogP contribution >= 0.6 is 11.5 Å². The number of aliphatic imine (C=N–C) groups is 1. The fraction of sp³-hybridized carbons (Fsp3) is 0.800. The number of aryl methyl sites for hydroxylation is 1. The Morgan fingerprint density at radius 2 is 2.04 bits per heavy atom. The van der Waals surface area contributed by atoms with E-state index in [4.69, 9.17) is 0 Å². The standard InChI is InChI=1S/C15H28N6OS/c1-5-12-18-14(23-19-12)21-9-7-20(8-10-21)13(16-4)17-11-15(3,22)6-2/h22H,5-11H2,1-4H3,(H,16,17). The van der Waals surface area contributed by atoms with Gasteiger partial charge in [0.25, 0.3) is 0 Å². The lowest BCUT2D eigenvalue weighted by Crippen LogP contribution is -2.54. The number of hydrogen-bond donors (Lipinski definition) is 2. The third kappa shape index (κ3) is 4.78. The van der Waals surface area contributed by atoms with Gasteiger partial charge in [0.15, 0.2) is 5.96 Å². The van der Waals surface area contributed by atoms with Gasteiger partial charge in [-0.05, 0) is 13.3 Å². The van der Waals surface area contributed by atoms with E-state index >= 15 is 0 Å². The fourth-order valence-corrected chi connectivity index (χ4v) is 3.15. The number of rotatable bonds is 5. The van der Waals surface area contributed by atoms with Crippen LogP contribution in [0.2, 0.25) is 0 Å². The number of aliphatic hydroxyl groups is 1. The molecule has 1 aliphatic heterocycles. The summed E-state index contributed by atoms with van der Waals surface area (Å²) in [4.78, 5) is 13.4. The summed E-state index contributed by atoms with van der Waals surface area (Å²) in [6.45, 7) is 9.98. The van der Waals surface area contributed by atoms with Gasteiger partial charge in [-0.1, -0.05) is 13.8 Å². The van der Waals surface area contributed by atoms with E-state index in [-0.39, 0.29) is 0 Å². The highest BCUT2D eigenvalue weighted by atomic mass is 32.1. The third-order valence-corrected chi connectivity index (χ3v) is 5.04. The SMILES string of the molecule is CCc1nsc(N2CCN(C(=NC)NCC(C)(O)CC)CC2)n1. The summed E-state index contributed by atoms with van der Waals surface area (Å²) in [6.07, 6.45) is 1.59. The van der Waals surface area contributed by atoms with E-state index in [0.717, 1.165) is 49.5 Å². The van der Waals surface area contributed by atoms with Gasteiger partial charge in [-0.2, -0.15) is 4.37 Å². The van der Waals surface area contributed by atoms with Gasteiger partial charge in [-0.15, -0.1) is 0 Å². The molecule has 7 nitrogen and oxygen atoms in total. The minimum absolute atomic E-state index is 0.507. The van der Waals surface area contributed by atoms with Crippen LogP contribution in [0.5, 0.6) is 0 Å². The Kier molecular flexibility index (Phi) is 6.17. The zero-order valence-electron chi connectivity index (χ0n) is 14.5. The first-order valence-electron chi connectivity index (χ1n) is 8.24. The van der Waals surface area contributed by atoms with Crippen LogP contribution in [0.4, 0.5) is 5.13 Å². The maximum atomic E-state index is 10.1. The molecule has 0 radical (unpaired) electrons. The number of guanidine groups is 1. The number of nitrogens with one attached hydrogen (secondary N) is 1. The second-order valence-corrected chi connectivity index (χ2v) is 6.80. The van der Waals surface area contributed by atoms with Crippen LogP contribution in [-0.2, 0) is 6.42 Å². The van der Waals surface area contributed by atoms with Crippen molar-refractivity contribution in [2.45, 2.75) is 39.2 Å². The first kappa shape index (κ1) is 17.9. The Morgan fingerprint density at radius 1 is 1.35 bits per heavy atom. The molecule has 1 atom stereocenters. The molecule has 2 N–H and O–H groups in total. The minimum Gasteiger partial charge on any atom is -0.388 e. The molecule has 1 aromatic heterocycles. The molecule has 0 saturated carbocycles. The molecule has 0 amide bonds. The molecule has 23 heavy (non-hydrogen) atoms. The van der Waals surface area contributed by atoms with Crippen molar-refractivity contribution in [1.82, 2.24) is 19.6 Å². The van der Waals surface area contributed by atoms with Crippen LogP contribution < -0.4 is 10.2 Å². The lowest BCUT2D eigenvalue weighted by Gasteiger charge is -2.37. The van der Waals surface area contributed by atoms with Crippen molar-refractivity contribution in [1.29, 1.82) is 0 Å². The summed E-state index contributed by atoms with van der Waals surface area (Å²) in [5.41, 5.74) is -0.707. The largest absolute Gasteiger partial charge is 0.388 e. The van der Waals surface area contributed by atoms with E-state index in [9.17, 15) is 5.11 Å². The van der Waals surface area contributed by atoms with Crippen molar-refractivity contribution < 1.29 is 5.11 Å². The molecule has 1 unspecified atom stereocenters. The van der Waals surface area contributed by atoms with Gasteiger partial charge < -0.3 is 20.2 Å². The Morgan fingerprint density at radius 3 is 2.57 bits per heavy atom. The smallest absolute Gasteiger partial charge is 0.205 e. The molecule has 0 aromatic carbocycles. The van der Waals surface area contributed by atoms with Gasteiger partial charge >= 0.3 is 0 Å². The van der Waals surface area contributed by atoms with Crippen LogP contribution in [0.25, 0.3) is 0 Å². The Bertz CT molecular complexity index is 522. The summed E-state index contributed by atoms with van der Waals surface area (Å²) in [7, 11) is 1.79. The fourth-order valence-electron chi connectivity index (χ4n) is 2.35. The van der Waals surface area contributed by atoms with Crippen molar-refractivity contribution in [3.8, 4) is 0 Å². The predicted molar refractivity (Wildman–Crippen MR) is 95.3 cm³/mol. The maximum Gasteiger partial charge on any atom is 0.205 e. The summed E-state index contributed by atoms with van der Waals surface area (Å²) in [5.74, 6) is 1.77. The molecule has 2 rings (SSSR count). The van der Waals surface area contributed by atoms with E-state index in [1.54, 1.807) is 7.05 Å². The zero-order chi connectivity index (χ0) is 16.9. The van der Waals surface area contributed by atoms with Crippen LogP contribution in [-0.4, -0.2) is 70.7 Å². The molecule has 8 heteroatoms. The molecule has 1 aromatic rings. The van der Waals surface area contributed by atoms with Crippen LogP contribution in [0, 0.1) is 0 Å². The first-order valence-corrected chi connectivity index (χ1v) is 9.02. The number of aromatic nitrogens is 2. The summed E-state index contributed by atoms with van der Waals surface area (Å²) >= 11 is 1.48. The Balaban J connectivity index is 1.87. The normalized spacial score (nSPS) is 18.9. The molecule has 1 saturated heterocycles. The molecular weight excluding hydrogens is 312 g/mol. The molecule has 1 fully saturated rings. The van der Waals surface area contributed by atoms with Crippen molar-refractivity contribution in [3.05, 3.63) is 5.82 Å². The third-order valence-electron chi connectivity index (χ3n) is 4.22. The number of hydrogen-bond acceptors (Lipinski definition) is 6. The van der Waals surface area contributed by atoms with Gasteiger partial charge in [0.05, 0.1) is 5.60 Å². The molecule has 0 spiro atoms. The van der Waals surface area contributed by atoms with Gasteiger partial charge in [-0.3, -0.25) is 4.99 Å². The van der Waals surface area contributed by atoms with E-state index in [0.29, 0.717) is 13.0 Å². The molecule has 0 aliphatic carbocycles. The second-order valence-electron chi connectivity index (χ2n) is 6.07. The predicted octanol–water partition coefficient (Wildman–Crippen LogP) is 0.959. The molecule has 0 bridgehead atoms. The highest BCUT2D eigenvalue weighted by molar-refractivity contribution is 7.09. The first-order chi connectivity index (χ1) is 11.0. The van der Waals surface area contributed by atoms with E-state index in [1.165, 1.54) is 11.5 Å². The summed E-state index contributed by atoms with van der Waals surface area (Å²) in [5, 5.41) is 14.4. The van der Waals surface area contributed by atoms with E-state index in [1.807, 2.05) is 13.8 Å². The number of piperazine rings is 1. The Labute approximate surface area is 142 Å². The molecular formula is C15H28N6OS. The van der Waals surface area contributed by atoms with Crippen LogP contribution in [0.15, 0.2) is 4.99 Å². The van der Waals surface area contributed by atoms with Gasteiger partial charge in [-0.25, -0.2) is 4.98 Å². The quantitative estimate of drug-likeness (QED) is 0.614. The van der Waals surface area contributed by atoms with Crippen LogP contribution in [0.1, 0.15) is 33.0 Å². The molecule has 130 valence electrons. The topological polar surface area (TPSA) is 76.9 Å². The van der Waals surface area contributed by atoms with Crippen molar-refractivity contribution in [2.24, 2.45) is 4.99 Å². The lowest BCUT2D eigenvalue weighted by atomic mass is 10.0. The molecule has 1 aliphatic rings. The number of anilines is 1. The number of nitrogens with zero attached hydrogens (tertiary/aromatic N) is 5. The maximum absolute atomic E-state index is 10.1.